The number of rotatable bonds is 12. The van der Waals surface area contributed by atoms with Crippen molar-refractivity contribution in [1.82, 2.24) is 15.0 Å². The number of nitrogens with zero attached hydrogens (tertiary/aromatic N) is 6. The van der Waals surface area contributed by atoms with Crippen LogP contribution in [-0.2, 0) is 0 Å². The average molecular weight is 811 g/mol. The first-order valence-electron chi connectivity index (χ1n) is 21.0. The molecule has 1 heterocycles. The Bertz CT molecular complexity index is 2750. The first-order valence-corrected chi connectivity index (χ1v) is 21.0. The number of hydrogen-bond acceptors (Lipinski definition) is 6. The third kappa shape index (κ3) is 8.17. The molecule has 0 aliphatic rings. The zero-order valence-corrected chi connectivity index (χ0v) is 34.4. The monoisotopic (exact) mass is 810 g/mol. The smallest absolute Gasteiger partial charge is 0.164 e. The highest BCUT2D eigenvalue weighted by atomic mass is 15.3. The minimum Gasteiger partial charge on any atom is -0.308 e. The number of aromatic nitrogens is 3. The molecule has 0 N–H and O–H groups in total. The Kier molecular flexibility index (Phi) is 11.0. The van der Waals surface area contributed by atoms with Gasteiger partial charge in [0.25, 0.3) is 0 Å². The van der Waals surface area contributed by atoms with Gasteiger partial charge in [0, 0.05) is 50.8 Å². The van der Waals surface area contributed by atoms with E-state index in [9.17, 15) is 0 Å². The van der Waals surface area contributed by atoms with E-state index in [1.165, 1.54) is 0 Å². The average Bonchev–Trinajstić information content (AvgIpc) is 3.37. The molecular formula is C57H42N6. The molecule has 300 valence electrons. The molecule has 0 fully saturated rings. The van der Waals surface area contributed by atoms with Crippen LogP contribution in [-0.4, -0.2) is 15.0 Å². The van der Waals surface area contributed by atoms with Crippen molar-refractivity contribution in [3.05, 3.63) is 255 Å². The van der Waals surface area contributed by atoms with Gasteiger partial charge in [0.05, 0.1) is 17.1 Å². The van der Waals surface area contributed by atoms with Crippen molar-refractivity contribution < 1.29 is 0 Å². The van der Waals surface area contributed by atoms with Gasteiger partial charge in [-0.05, 0) is 84.9 Å². The summed E-state index contributed by atoms with van der Waals surface area (Å²) in [7, 11) is 0. The second-order valence-corrected chi connectivity index (χ2v) is 14.9. The van der Waals surface area contributed by atoms with Crippen LogP contribution in [0.1, 0.15) is 0 Å². The molecule has 0 spiro atoms. The van der Waals surface area contributed by atoms with Gasteiger partial charge >= 0.3 is 0 Å². The van der Waals surface area contributed by atoms with Crippen molar-refractivity contribution in [2.75, 3.05) is 14.7 Å². The third-order valence-electron chi connectivity index (χ3n) is 10.8. The van der Waals surface area contributed by atoms with Crippen LogP contribution in [0.5, 0.6) is 0 Å². The van der Waals surface area contributed by atoms with E-state index in [2.05, 4.69) is 209 Å². The maximum Gasteiger partial charge on any atom is 0.164 e. The number of anilines is 9. The molecule has 0 aliphatic carbocycles. The molecule has 0 amide bonds. The molecule has 0 unspecified atom stereocenters. The molecule has 0 saturated heterocycles. The molecule has 10 aromatic rings. The summed E-state index contributed by atoms with van der Waals surface area (Å²) >= 11 is 0. The van der Waals surface area contributed by atoms with Gasteiger partial charge in [-0.3, -0.25) is 0 Å². The van der Waals surface area contributed by atoms with Crippen molar-refractivity contribution in [1.29, 1.82) is 0 Å². The van der Waals surface area contributed by atoms with Crippen molar-refractivity contribution in [2.45, 2.75) is 0 Å². The second kappa shape index (κ2) is 17.9. The van der Waals surface area contributed by atoms with Gasteiger partial charge in [0.1, 0.15) is 0 Å². The lowest BCUT2D eigenvalue weighted by Gasteiger charge is -2.38. The van der Waals surface area contributed by atoms with E-state index in [0.29, 0.717) is 17.5 Å². The van der Waals surface area contributed by atoms with E-state index in [-0.39, 0.29) is 0 Å². The highest BCUT2D eigenvalue weighted by Crippen LogP contribution is 2.54. The van der Waals surface area contributed by atoms with Crippen LogP contribution in [0.2, 0.25) is 0 Å². The molecule has 63 heavy (non-hydrogen) atoms. The molecule has 0 atom stereocenters. The van der Waals surface area contributed by atoms with E-state index in [0.717, 1.165) is 67.9 Å². The molecule has 0 aliphatic heterocycles. The van der Waals surface area contributed by atoms with Gasteiger partial charge in [0.2, 0.25) is 0 Å². The SMILES string of the molecule is c1ccc(-c2nc(-c3ccccc3)nc(-c3cc(N(c4ccccc4)c4ccccc4)c(N(c4ccccc4)c4ccccc4)c(N(c4ccccc4)c4ccccc4)c3)n2)cc1. The van der Waals surface area contributed by atoms with E-state index in [1.807, 2.05) is 60.7 Å². The first-order chi connectivity index (χ1) is 31.3. The summed E-state index contributed by atoms with van der Waals surface area (Å²) in [5, 5.41) is 0. The molecule has 1 aromatic heterocycles. The van der Waals surface area contributed by atoms with Crippen LogP contribution in [0.15, 0.2) is 255 Å². The minimum atomic E-state index is 0.546. The van der Waals surface area contributed by atoms with Gasteiger partial charge in [0.15, 0.2) is 17.5 Å². The van der Waals surface area contributed by atoms with Crippen molar-refractivity contribution in [2.24, 2.45) is 0 Å². The Morgan fingerprint density at radius 2 is 0.444 bits per heavy atom. The Labute approximate surface area is 368 Å². The van der Waals surface area contributed by atoms with Crippen molar-refractivity contribution >= 4 is 51.2 Å². The molecule has 6 nitrogen and oxygen atoms in total. The Morgan fingerprint density at radius 3 is 0.714 bits per heavy atom. The Hall–Kier alpha value is -8.61. The molecule has 0 saturated carbocycles. The second-order valence-electron chi connectivity index (χ2n) is 14.9. The topological polar surface area (TPSA) is 48.4 Å². The number of benzene rings is 9. The third-order valence-corrected chi connectivity index (χ3v) is 10.8. The molecule has 10 rings (SSSR count). The molecule has 0 bridgehead atoms. The normalized spacial score (nSPS) is 10.9. The van der Waals surface area contributed by atoms with Crippen LogP contribution >= 0.6 is 0 Å². The number of hydrogen-bond donors (Lipinski definition) is 0. The predicted octanol–water partition coefficient (Wildman–Crippen LogP) is 15.3. The van der Waals surface area contributed by atoms with Crippen molar-refractivity contribution in [3.8, 4) is 34.2 Å². The summed E-state index contributed by atoms with van der Waals surface area (Å²) in [6.45, 7) is 0. The summed E-state index contributed by atoms with van der Waals surface area (Å²) in [6.07, 6.45) is 0. The predicted molar refractivity (Wildman–Crippen MR) is 260 cm³/mol. The maximum atomic E-state index is 5.31. The number of para-hydroxylation sites is 6. The van der Waals surface area contributed by atoms with E-state index >= 15 is 0 Å². The standard InChI is InChI=1S/C57H42N6/c1-9-25-43(26-10-1)55-58-56(44-27-11-2-12-28-44)60-57(59-55)45-41-52(61(46-29-13-3-14-30-46)47-31-15-4-16-32-47)54(63(50-37-21-7-22-38-50)51-39-23-8-24-40-51)53(42-45)62(48-33-17-5-18-34-48)49-35-19-6-20-36-49/h1-42H. The van der Waals surface area contributed by atoms with Crippen LogP contribution < -0.4 is 14.7 Å². The Balaban J connectivity index is 1.38. The summed E-state index contributed by atoms with van der Waals surface area (Å²) in [5.41, 5.74) is 11.3. The van der Waals surface area contributed by atoms with Gasteiger partial charge in [-0.15, -0.1) is 0 Å². The molecule has 6 heteroatoms. The summed E-state index contributed by atoms with van der Waals surface area (Å²) in [6, 6.07) is 88.2. The zero-order valence-electron chi connectivity index (χ0n) is 34.4. The Morgan fingerprint density at radius 1 is 0.222 bits per heavy atom. The highest BCUT2D eigenvalue weighted by Gasteiger charge is 2.30. The summed E-state index contributed by atoms with van der Waals surface area (Å²) in [5.74, 6) is 1.73. The van der Waals surface area contributed by atoms with Crippen LogP contribution in [0.4, 0.5) is 51.2 Å². The van der Waals surface area contributed by atoms with E-state index in [1.54, 1.807) is 0 Å². The zero-order chi connectivity index (χ0) is 42.2. The largest absolute Gasteiger partial charge is 0.308 e. The molecule has 0 radical (unpaired) electrons. The molecular weight excluding hydrogens is 769 g/mol. The fourth-order valence-electron chi connectivity index (χ4n) is 7.97. The highest BCUT2D eigenvalue weighted by molar-refractivity contribution is 6.03. The van der Waals surface area contributed by atoms with Crippen LogP contribution in [0.3, 0.4) is 0 Å². The quantitative estimate of drug-likeness (QED) is 0.122. The van der Waals surface area contributed by atoms with Crippen LogP contribution in [0, 0.1) is 0 Å². The van der Waals surface area contributed by atoms with Gasteiger partial charge in [-0.2, -0.15) is 0 Å². The van der Waals surface area contributed by atoms with Gasteiger partial charge in [-0.1, -0.05) is 170 Å². The first kappa shape index (κ1) is 38.6. The molecule has 9 aromatic carbocycles. The fourth-order valence-corrected chi connectivity index (χ4v) is 7.97. The lowest BCUT2D eigenvalue weighted by molar-refractivity contribution is 1.07. The van der Waals surface area contributed by atoms with Gasteiger partial charge in [-0.25, -0.2) is 15.0 Å². The minimum absolute atomic E-state index is 0.546. The fraction of sp³-hybridized carbons (Fsp3) is 0. The van der Waals surface area contributed by atoms with Crippen LogP contribution in [0.25, 0.3) is 34.2 Å². The van der Waals surface area contributed by atoms with Gasteiger partial charge < -0.3 is 14.7 Å². The summed E-state index contributed by atoms with van der Waals surface area (Å²) < 4.78 is 0. The maximum absolute atomic E-state index is 5.31. The van der Waals surface area contributed by atoms with E-state index < -0.39 is 0 Å². The lowest BCUT2D eigenvalue weighted by atomic mass is 10.0. The van der Waals surface area contributed by atoms with E-state index in [4.69, 9.17) is 15.0 Å². The summed E-state index contributed by atoms with van der Waals surface area (Å²) in [4.78, 5) is 22.7. The van der Waals surface area contributed by atoms with Crippen molar-refractivity contribution in [3.63, 3.8) is 0 Å². The lowest BCUT2D eigenvalue weighted by Crippen LogP contribution is -2.21.